The Morgan fingerprint density at radius 3 is 2.50 bits per heavy atom. The molecule has 116 valence electrons. The lowest BCUT2D eigenvalue weighted by molar-refractivity contribution is 0.482. The van der Waals surface area contributed by atoms with Crippen molar-refractivity contribution in [3.63, 3.8) is 0 Å². The van der Waals surface area contributed by atoms with Crippen molar-refractivity contribution in [2.75, 3.05) is 6.54 Å². The van der Waals surface area contributed by atoms with Crippen LogP contribution < -0.4 is 10.0 Å². The van der Waals surface area contributed by atoms with E-state index < -0.39 is 10.0 Å². The van der Waals surface area contributed by atoms with Crippen LogP contribution in [0, 0.1) is 12.8 Å². The summed E-state index contributed by atoms with van der Waals surface area (Å²) in [4.78, 5) is 0.272. The molecule has 0 spiro atoms. The molecule has 0 radical (unpaired) electrons. The van der Waals surface area contributed by atoms with Crippen molar-refractivity contribution >= 4 is 10.0 Å². The molecular weight excluding hydrogens is 276 g/mol. The highest BCUT2D eigenvalue weighted by atomic mass is 32.2. The Balaban J connectivity index is 2.94. The van der Waals surface area contributed by atoms with Crippen LogP contribution in [-0.4, -0.2) is 31.2 Å². The molecule has 0 aromatic carbocycles. The summed E-state index contributed by atoms with van der Waals surface area (Å²) < 4.78 is 27.7. The van der Waals surface area contributed by atoms with Gasteiger partial charge in [-0.05, 0) is 32.7 Å². The first-order valence-electron chi connectivity index (χ1n) is 7.04. The molecule has 0 aliphatic carbocycles. The fraction of sp³-hybridized carbons (Fsp3) is 0.769. The maximum Gasteiger partial charge on any atom is 0.244 e. The molecule has 1 aromatic heterocycles. The molecule has 0 fully saturated rings. The Hall–Kier alpha value is -0.920. The fourth-order valence-electron chi connectivity index (χ4n) is 2.27. The highest BCUT2D eigenvalue weighted by molar-refractivity contribution is 7.89. The molecule has 0 amide bonds. The third kappa shape index (κ3) is 4.57. The van der Waals surface area contributed by atoms with Gasteiger partial charge in [0.1, 0.15) is 4.90 Å². The van der Waals surface area contributed by atoms with Gasteiger partial charge in [-0.25, -0.2) is 13.1 Å². The molecule has 0 saturated carbocycles. The van der Waals surface area contributed by atoms with Gasteiger partial charge >= 0.3 is 0 Å². The Morgan fingerprint density at radius 1 is 1.30 bits per heavy atom. The van der Waals surface area contributed by atoms with E-state index in [0.717, 1.165) is 13.0 Å². The van der Waals surface area contributed by atoms with E-state index in [1.54, 1.807) is 6.92 Å². The number of hydrogen-bond acceptors (Lipinski definition) is 4. The van der Waals surface area contributed by atoms with Crippen LogP contribution in [0.15, 0.2) is 4.90 Å². The molecule has 0 saturated heterocycles. The lowest BCUT2D eigenvalue weighted by atomic mass is 10.1. The van der Waals surface area contributed by atoms with Crippen molar-refractivity contribution < 1.29 is 8.42 Å². The van der Waals surface area contributed by atoms with Crippen molar-refractivity contribution in [2.24, 2.45) is 5.92 Å². The number of aryl methyl sites for hydroxylation is 1. The minimum Gasteiger partial charge on any atom is -0.311 e. The smallest absolute Gasteiger partial charge is 0.244 e. The third-order valence-corrected chi connectivity index (χ3v) is 4.75. The van der Waals surface area contributed by atoms with Crippen LogP contribution in [0.5, 0.6) is 0 Å². The summed E-state index contributed by atoms with van der Waals surface area (Å²) >= 11 is 0. The van der Waals surface area contributed by atoms with Crippen molar-refractivity contribution in [1.82, 2.24) is 20.2 Å². The van der Waals surface area contributed by atoms with Crippen molar-refractivity contribution in [3.8, 4) is 0 Å². The van der Waals surface area contributed by atoms with E-state index in [4.69, 9.17) is 0 Å². The molecule has 3 N–H and O–H groups in total. The zero-order chi connectivity index (χ0) is 15.3. The Bertz CT molecular complexity index is 522. The average Bonchev–Trinajstić information content (AvgIpc) is 2.66. The van der Waals surface area contributed by atoms with Crippen molar-refractivity contribution in [1.29, 1.82) is 0 Å². The first-order valence-corrected chi connectivity index (χ1v) is 8.53. The van der Waals surface area contributed by atoms with Gasteiger partial charge in [-0.1, -0.05) is 20.8 Å². The number of nitrogens with zero attached hydrogens (tertiary/aromatic N) is 1. The van der Waals surface area contributed by atoms with E-state index in [0.29, 0.717) is 23.9 Å². The molecule has 7 heteroatoms. The number of sulfonamides is 1. The lowest BCUT2D eigenvalue weighted by Crippen LogP contribution is -2.34. The van der Waals surface area contributed by atoms with Gasteiger partial charge in [-0.15, -0.1) is 0 Å². The van der Waals surface area contributed by atoms with Crippen LogP contribution in [-0.2, 0) is 16.6 Å². The zero-order valence-electron chi connectivity index (χ0n) is 12.9. The van der Waals surface area contributed by atoms with Gasteiger partial charge in [0.25, 0.3) is 0 Å². The van der Waals surface area contributed by atoms with Gasteiger partial charge in [0.2, 0.25) is 10.0 Å². The summed E-state index contributed by atoms with van der Waals surface area (Å²) in [5.41, 5.74) is 1.11. The first-order chi connectivity index (χ1) is 9.27. The van der Waals surface area contributed by atoms with Crippen molar-refractivity contribution in [2.45, 2.75) is 58.5 Å². The second-order valence-electron chi connectivity index (χ2n) is 5.56. The molecule has 0 aliphatic rings. The summed E-state index contributed by atoms with van der Waals surface area (Å²) in [6, 6.07) is -0.0960. The first kappa shape index (κ1) is 17.1. The topological polar surface area (TPSA) is 86.9 Å². The van der Waals surface area contributed by atoms with E-state index in [2.05, 4.69) is 34.1 Å². The number of hydrogen-bond donors (Lipinski definition) is 3. The summed E-state index contributed by atoms with van der Waals surface area (Å²) in [5, 5.41) is 9.94. The van der Waals surface area contributed by atoms with E-state index in [-0.39, 0.29) is 10.9 Å². The number of rotatable bonds is 8. The van der Waals surface area contributed by atoms with Gasteiger partial charge in [0, 0.05) is 12.6 Å². The van der Waals surface area contributed by atoms with E-state index in [1.165, 1.54) is 0 Å². The highest BCUT2D eigenvalue weighted by Gasteiger charge is 2.25. The van der Waals surface area contributed by atoms with Gasteiger partial charge < -0.3 is 5.32 Å². The van der Waals surface area contributed by atoms with E-state index in [9.17, 15) is 8.42 Å². The maximum absolute atomic E-state index is 12.5. The van der Waals surface area contributed by atoms with Gasteiger partial charge in [-0.3, -0.25) is 5.10 Å². The second kappa shape index (κ2) is 7.19. The fourth-order valence-corrected chi connectivity index (χ4v) is 3.89. The van der Waals surface area contributed by atoms with Crippen LogP contribution in [0.2, 0.25) is 0 Å². The van der Waals surface area contributed by atoms with Crippen LogP contribution >= 0.6 is 0 Å². The Labute approximate surface area is 121 Å². The quantitative estimate of drug-likeness (QED) is 0.680. The predicted molar refractivity (Wildman–Crippen MR) is 79.9 cm³/mol. The minimum absolute atomic E-state index is 0.0960. The monoisotopic (exact) mass is 302 g/mol. The predicted octanol–water partition coefficient (Wildman–Crippen LogP) is 1.54. The molecule has 1 rings (SSSR count). The second-order valence-corrected chi connectivity index (χ2v) is 7.21. The summed E-state index contributed by atoms with van der Waals surface area (Å²) in [6.07, 6.45) is 0.804. The summed E-state index contributed by atoms with van der Waals surface area (Å²) in [6.45, 7) is 10.9. The molecule has 1 unspecified atom stereocenters. The van der Waals surface area contributed by atoms with E-state index in [1.807, 2.05) is 13.8 Å². The molecule has 1 heterocycles. The van der Waals surface area contributed by atoms with Crippen LogP contribution in [0.3, 0.4) is 0 Å². The van der Waals surface area contributed by atoms with Gasteiger partial charge in [-0.2, -0.15) is 5.10 Å². The van der Waals surface area contributed by atoms with Crippen molar-refractivity contribution in [3.05, 3.63) is 11.4 Å². The number of nitrogens with one attached hydrogen (secondary N) is 3. The van der Waals surface area contributed by atoms with E-state index >= 15 is 0 Å². The van der Waals surface area contributed by atoms with Gasteiger partial charge in [0.05, 0.1) is 11.4 Å². The normalized spacial score (nSPS) is 13.9. The van der Waals surface area contributed by atoms with Gasteiger partial charge in [0.15, 0.2) is 0 Å². The minimum atomic E-state index is -3.54. The van der Waals surface area contributed by atoms with Crippen LogP contribution in [0.1, 0.15) is 45.5 Å². The van der Waals surface area contributed by atoms with Crippen LogP contribution in [0.4, 0.5) is 0 Å². The highest BCUT2D eigenvalue weighted by Crippen LogP contribution is 2.18. The average molecular weight is 302 g/mol. The summed E-state index contributed by atoms with van der Waals surface area (Å²) in [5.74, 6) is 0.444. The Kier molecular flexibility index (Phi) is 6.16. The number of H-pyrrole nitrogens is 1. The lowest BCUT2D eigenvalue weighted by Gasteiger charge is -2.16. The SMILES string of the molecule is CCNCc1n[nH]c(C)c1S(=O)(=O)NC(C)CC(C)C. The summed E-state index contributed by atoms with van der Waals surface area (Å²) in [7, 11) is -3.54. The zero-order valence-corrected chi connectivity index (χ0v) is 13.8. The van der Waals surface area contributed by atoms with Crippen LogP contribution in [0.25, 0.3) is 0 Å². The number of aromatic amines is 1. The molecule has 0 bridgehead atoms. The molecule has 6 nitrogen and oxygen atoms in total. The number of aromatic nitrogens is 2. The molecular formula is C13H26N4O2S. The molecule has 0 aliphatic heterocycles. The Morgan fingerprint density at radius 2 is 1.95 bits per heavy atom. The molecule has 20 heavy (non-hydrogen) atoms. The standard InChI is InChI=1S/C13H26N4O2S/c1-6-14-8-12-13(11(5)15-16-12)20(18,19)17-10(4)7-9(2)3/h9-10,14,17H,6-8H2,1-5H3,(H,15,16). The molecule has 1 atom stereocenters. The molecule has 1 aromatic rings. The largest absolute Gasteiger partial charge is 0.311 e. The maximum atomic E-state index is 12.5. The third-order valence-electron chi connectivity index (χ3n) is 2.95.